The number of hydrogen-bond acceptors (Lipinski definition) is 6. The Morgan fingerprint density at radius 3 is 2.65 bits per heavy atom. The predicted molar refractivity (Wildman–Crippen MR) is 82.3 cm³/mol. The van der Waals surface area contributed by atoms with Gasteiger partial charge < -0.3 is 14.8 Å². The van der Waals surface area contributed by atoms with Crippen LogP contribution in [0, 0.1) is 0 Å². The van der Waals surface area contributed by atoms with Crippen LogP contribution in [0.5, 0.6) is 5.75 Å². The Balaban J connectivity index is 1.62. The van der Waals surface area contributed by atoms with Crippen molar-refractivity contribution in [2.45, 2.75) is 0 Å². The molecule has 2 aromatic rings. The van der Waals surface area contributed by atoms with Crippen LogP contribution < -0.4 is 10.1 Å². The highest BCUT2D eigenvalue weighted by molar-refractivity contribution is 6.30. The lowest BCUT2D eigenvalue weighted by Crippen LogP contribution is -2.32. The van der Waals surface area contributed by atoms with Crippen LogP contribution in [0.15, 0.2) is 42.9 Å². The highest BCUT2D eigenvalue weighted by Gasteiger charge is 2.11. The minimum atomic E-state index is -0.703. The molecule has 0 bridgehead atoms. The number of esters is 1. The molecule has 0 aliphatic heterocycles. The third kappa shape index (κ3) is 5.91. The predicted octanol–water partition coefficient (Wildman–Crippen LogP) is 1.48. The molecule has 0 aliphatic rings. The van der Waals surface area contributed by atoms with Gasteiger partial charge in [-0.2, -0.15) is 0 Å². The van der Waals surface area contributed by atoms with Gasteiger partial charge >= 0.3 is 5.97 Å². The van der Waals surface area contributed by atoms with Gasteiger partial charge in [-0.25, -0.2) is 9.78 Å². The number of halogens is 1. The fourth-order valence-corrected chi connectivity index (χ4v) is 1.68. The molecule has 0 atom stereocenters. The van der Waals surface area contributed by atoms with Crippen molar-refractivity contribution in [3.8, 4) is 5.75 Å². The first-order chi connectivity index (χ1) is 11.1. The molecule has 1 heterocycles. The van der Waals surface area contributed by atoms with Crippen molar-refractivity contribution < 1.29 is 19.1 Å². The molecule has 0 saturated carbocycles. The van der Waals surface area contributed by atoms with Crippen LogP contribution >= 0.6 is 11.6 Å². The normalized spacial score (nSPS) is 9.96. The largest absolute Gasteiger partial charge is 0.492 e. The smallest absolute Gasteiger partial charge is 0.359 e. The fraction of sp³-hybridized carbons (Fsp3) is 0.200. The molecule has 23 heavy (non-hydrogen) atoms. The second kappa shape index (κ2) is 8.70. The first kappa shape index (κ1) is 16.7. The molecule has 7 nitrogen and oxygen atoms in total. The quantitative estimate of drug-likeness (QED) is 0.609. The van der Waals surface area contributed by atoms with Gasteiger partial charge in [-0.15, -0.1) is 0 Å². The number of nitrogens with one attached hydrogen (secondary N) is 1. The number of benzene rings is 1. The van der Waals surface area contributed by atoms with Gasteiger partial charge in [-0.05, 0) is 24.3 Å². The van der Waals surface area contributed by atoms with Crippen LogP contribution in [0.2, 0.25) is 5.02 Å². The molecule has 0 saturated heterocycles. The van der Waals surface area contributed by atoms with Crippen LogP contribution in [0.4, 0.5) is 0 Å². The van der Waals surface area contributed by atoms with E-state index in [4.69, 9.17) is 21.1 Å². The van der Waals surface area contributed by atoms with Crippen molar-refractivity contribution in [1.29, 1.82) is 0 Å². The van der Waals surface area contributed by atoms with E-state index in [1.807, 2.05) is 0 Å². The van der Waals surface area contributed by atoms with Gasteiger partial charge in [0, 0.05) is 17.4 Å². The number of aromatic nitrogens is 2. The highest BCUT2D eigenvalue weighted by Crippen LogP contribution is 2.14. The standard InChI is InChI=1S/C15H14ClN3O4/c16-11-1-3-12(4-2-11)22-8-7-19-14(20)10-23-15(21)13-9-17-5-6-18-13/h1-6,9H,7-8,10H2,(H,19,20). The first-order valence-corrected chi connectivity index (χ1v) is 7.11. The van der Waals surface area contributed by atoms with Crippen LogP contribution in [-0.4, -0.2) is 41.6 Å². The van der Waals surface area contributed by atoms with E-state index in [0.29, 0.717) is 10.8 Å². The Bertz CT molecular complexity index is 650. The molecule has 8 heteroatoms. The molecule has 1 aromatic heterocycles. The summed E-state index contributed by atoms with van der Waals surface area (Å²) in [6.07, 6.45) is 4.06. The van der Waals surface area contributed by atoms with E-state index in [1.54, 1.807) is 24.3 Å². The Hall–Kier alpha value is -2.67. The summed E-state index contributed by atoms with van der Waals surface area (Å²) in [5, 5.41) is 3.19. The number of carbonyl (C=O) groups is 2. The van der Waals surface area contributed by atoms with Crippen molar-refractivity contribution in [3.63, 3.8) is 0 Å². The van der Waals surface area contributed by atoms with Crippen molar-refractivity contribution in [3.05, 3.63) is 53.6 Å². The van der Waals surface area contributed by atoms with Gasteiger partial charge in [0.05, 0.1) is 12.7 Å². The molecular formula is C15H14ClN3O4. The third-order valence-electron chi connectivity index (χ3n) is 2.61. The van der Waals surface area contributed by atoms with Crippen molar-refractivity contribution in [2.24, 2.45) is 0 Å². The second-order valence-electron chi connectivity index (χ2n) is 4.32. The van der Waals surface area contributed by atoms with E-state index < -0.39 is 18.5 Å². The molecule has 1 aromatic carbocycles. The lowest BCUT2D eigenvalue weighted by molar-refractivity contribution is -0.124. The Labute approximate surface area is 137 Å². The monoisotopic (exact) mass is 335 g/mol. The van der Waals surface area contributed by atoms with Gasteiger partial charge in [0.15, 0.2) is 12.3 Å². The molecule has 1 N–H and O–H groups in total. The maximum atomic E-state index is 11.6. The zero-order chi connectivity index (χ0) is 16.5. The Morgan fingerprint density at radius 1 is 1.17 bits per heavy atom. The van der Waals surface area contributed by atoms with Crippen LogP contribution in [-0.2, 0) is 9.53 Å². The topological polar surface area (TPSA) is 90.4 Å². The summed E-state index contributed by atoms with van der Waals surface area (Å²) in [5.41, 5.74) is 0.0476. The number of rotatable bonds is 7. The lowest BCUT2D eigenvalue weighted by Gasteiger charge is -2.08. The SMILES string of the molecule is O=C(COC(=O)c1cnccn1)NCCOc1ccc(Cl)cc1. The number of amides is 1. The van der Waals surface area contributed by atoms with Crippen LogP contribution in [0.1, 0.15) is 10.5 Å². The van der Waals surface area contributed by atoms with Gasteiger partial charge in [0.25, 0.3) is 5.91 Å². The number of carbonyl (C=O) groups excluding carboxylic acids is 2. The maximum absolute atomic E-state index is 11.6. The summed E-state index contributed by atoms with van der Waals surface area (Å²) >= 11 is 5.76. The van der Waals surface area contributed by atoms with Gasteiger partial charge in [-0.3, -0.25) is 9.78 Å². The van der Waals surface area contributed by atoms with Crippen molar-refractivity contribution in [1.82, 2.24) is 15.3 Å². The van der Waals surface area contributed by atoms with Gasteiger partial charge in [0.1, 0.15) is 12.4 Å². The minimum absolute atomic E-state index is 0.0476. The average Bonchev–Trinajstić information content (AvgIpc) is 2.59. The molecule has 1 amide bonds. The summed E-state index contributed by atoms with van der Waals surface area (Å²) in [4.78, 5) is 30.6. The van der Waals surface area contributed by atoms with Crippen LogP contribution in [0.3, 0.4) is 0 Å². The Kier molecular flexibility index (Phi) is 6.31. The Morgan fingerprint density at radius 2 is 1.96 bits per heavy atom. The molecule has 0 aliphatic carbocycles. The molecule has 2 rings (SSSR count). The summed E-state index contributed by atoms with van der Waals surface area (Å²) < 4.78 is 10.2. The van der Waals surface area contributed by atoms with Gasteiger partial charge in [-0.1, -0.05) is 11.6 Å². The molecule has 120 valence electrons. The molecule has 0 unspecified atom stereocenters. The van der Waals surface area contributed by atoms with E-state index in [0.717, 1.165) is 0 Å². The zero-order valence-electron chi connectivity index (χ0n) is 12.1. The molecular weight excluding hydrogens is 322 g/mol. The summed E-state index contributed by atoms with van der Waals surface area (Å²) in [6, 6.07) is 6.88. The number of ether oxygens (including phenoxy) is 2. The van der Waals surface area contributed by atoms with Crippen molar-refractivity contribution in [2.75, 3.05) is 19.8 Å². The zero-order valence-corrected chi connectivity index (χ0v) is 12.8. The van der Waals surface area contributed by atoms with E-state index in [9.17, 15) is 9.59 Å². The minimum Gasteiger partial charge on any atom is -0.492 e. The van der Waals surface area contributed by atoms with Crippen molar-refractivity contribution >= 4 is 23.5 Å². The van der Waals surface area contributed by atoms with Crippen LogP contribution in [0.25, 0.3) is 0 Å². The second-order valence-corrected chi connectivity index (χ2v) is 4.76. The molecule has 0 radical (unpaired) electrons. The average molecular weight is 336 g/mol. The summed E-state index contributed by atoms with van der Waals surface area (Å²) in [6.45, 7) is 0.173. The number of hydrogen-bond donors (Lipinski definition) is 1. The summed E-state index contributed by atoms with van der Waals surface area (Å²) in [7, 11) is 0. The molecule has 0 spiro atoms. The summed E-state index contributed by atoms with van der Waals surface area (Å²) in [5.74, 6) is -0.481. The third-order valence-corrected chi connectivity index (χ3v) is 2.87. The van der Waals surface area contributed by atoms with E-state index in [2.05, 4.69) is 15.3 Å². The fourth-order valence-electron chi connectivity index (χ4n) is 1.55. The van der Waals surface area contributed by atoms with Gasteiger partial charge in [0.2, 0.25) is 0 Å². The highest BCUT2D eigenvalue weighted by atomic mass is 35.5. The lowest BCUT2D eigenvalue weighted by atomic mass is 10.3. The van der Waals surface area contributed by atoms with E-state index >= 15 is 0 Å². The van der Waals surface area contributed by atoms with E-state index in [1.165, 1.54) is 18.6 Å². The van der Waals surface area contributed by atoms with E-state index in [-0.39, 0.29) is 18.8 Å². The number of nitrogens with zero attached hydrogens (tertiary/aromatic N) is 2. The maximum Gasteiger partial charge on any atom is 0.359 e. The first-order valence-electron chi connectivity index (χ1n) is 6.73. The molecule has 0 fully saturated rings.